The Bertz CT molecular complexity index is 839. The fourth-order valence-corrected chi connectivity index (χ4v) is 3.84. The number of phenolic OH excluding ortho intramolecular Hbond substituents is 1. The zero-order valence-electron chi connectivity index (χ0n) is 15.2. The van der Waals surface area contributed by atoms with Gasteiger partial charge in [0.05, 0.1) is 18.2 Å². The molecule has 4 rings (SSSR count). The number of aliphatic hydroxyl groups excluding tert-OH is 1. The van der Waals surface area contributed by atoms with E-state index in [2.05, 4.69) is 23.1 Å². The molecule has 0 unspecified atom stereocenters. The third-order valence-corrected chi connectivity index (χ3v) is 5.21. The molecular formula is C21H24N2O4. The number of aromatic hydroxyl groups is 1. The fourth-order valence-electron chi connectivity index (χ4n) is 3.84. The summed E-state index contributed by atoms with van der Waals surface area (Å²) in [7, 11) is 0. The molecule has 0 aromatic heterocycles. The molecule has 2 aliphatic rings. The van der Waals surface area contributed by atoms with E-state index >= 15 is 0 Å². The summed E-state index contributed by atoms with van der Waals surface area (Å²) in [5.41, 5.74) is 3.11. The number of carbonyl (C=O) groups is 1. The van der Waals surface area contributed by atoms with Gasteiger partial charge in [-0.05, 0) is 29.7 Å². The Labute approximate surface area is 158 Å². The summed E-state index contributed by atoms with van der Waals surface area (Å²) in [6.45, 7) is 3.28. The molecule has 0 fully saturated rings. The molecule has 142 valence electrons. The molecular weight excluding hydrogens is 344 g/mol. The number of phenols is 1. The first kappa shape index (κ1) is 17.8. The summed E-state index contributed by atoms with van der Waals surface area (Å²) < 4.78 is 5.59. The van der Waals surface area contributed by atoms with Gasteiger partial charge >= 0.3 is 0 Å². The lowest BCUT2D eigenvalue weighted by molar-refractivity contribution is 0.0501. The van der Waals surface area contributed by atoms with Crippen LogP contribution in [-0.2, 0) is 13.0 Å². The highest BCUT2D eigenvalue weighted by molar-refractivity contribution is 5.97. The van der Waals surface area contributed by atoms with Crippen LogP contribution in [0, 0.1) is 0 Å². The largest absolute Gasteiger partial charge is 0.508 e. The summed E-state index contributed by atoms with van der Waals surface area (Å²) in [6, 6.07) is 12.9. The van der Waals surface area contributed by atoms with Crippen molar-refractivity contribution in [1.29, 1.82) is 0 Å². The van der Waals surface area contributed by atoms with Crippen molar-refractivity contribution in [3.63, 3.8) is 0 Å². The zero-order valence-corrected chi connectivity index (χ0v) is 15.2. The van der Waals surface area contributed by atoms with Crippen molar-refractivity contribution in [2.45, 2.75) is 19.1 Å². The number of benzene rings is 2. The quantitative estimate of drug-likeness (QED) is 0.859. The van der Waals surface area contributed by atoms with Gasteiger partial charge in [0.2, 0.25) is 0 Å². The number of carbonyl (C=O) groups excluding carboxylic acids is 1. The van der Waals surface area contributed by atoms with Crippen LogP contribution in [0.4, 0.5) is 0 Å². The monoisotopic (exact) mass is 368 g/mol. The second-order valence-electron chi connectivity index (χ2n) is 7.19. The Morgan fingerprint density at radius 2 is 1.89 bits per heavy atom. The number of fused-ring (bicyclic) bond motifs is 2. The van der Waals surface area contributed by atoms with Gasteiger partial charge in [0.25, 0.3) is 5.91 Å². The normalized spacial score (nSPS) is 18.3. The predicted octanol–water partition coefficient (Wildman–Crippen LogP) is 1.65. The van der Waals surface area contributed by atoms with Crippen molar-refractivity contribution in [1.82, 2.24) is 9.80 Å². The second kappa shape index (κ2) is 7.58. The van der Waals surface area contributed by atoms with E-state index in [1.54, 1.807) is 11.0 Å². The number of rotatable bonds is 4. The maximum atomic E-state index is 12.8. The van der Waals surface area contributed by atoms with Crippen LogP contribution in [0.2, 0.25) is 0 Å². The molecule has 6 heteroatoms. The van der Waals surface area contributed by atoms with Gasteiger partial charge in [0.15, 0.2) is 0 Å². The Balaban J connectivity index is 1.39. The molecule has 1 atom stereocenters. The Morgan fingerprint density at radius 1 is 1.07 bits per heavy atom. The van der Waals surface area contributed by atoms with Crippen LogP contribution < -0.4 is 4.74 Å². The number of ether oxygens (including phenoxy) is 1. The van der Waals surface area contributed by atoms with E-state index in [-0.39, 0.29) is 18.2 Å². The molecule has 0 radical (unpaired) electrons. The van der Waals surface area contributed by atoms with Crippen LogP contribution in [0.15, 0.2) is 42.5 Å². The summed E-state index contributed by atoms with van der Waals surface area (Å²) in [4.78, 5) is 16.6. The number of nitrogens with zero attached hydrogens (tertiary/aromatic N) is 2. The van der Waals surface area contributed by atoms with Crippen LogP contribution in [0.1, 0.15) is 21.5 Å². The highest BCUT2D eigenvalue weighted by Crippen LogP contribution is 2.27. The Kier molecular flexibility index (Phi) is 5.01. The van der Waals surface area contributed by atoms with E-state index in [9.17, 15) is 15.0 Å². The third kappa shape index (κ3) is 3.91. The van der Waals surface area contributed by atoms with Crippen molar-refractivity contribution in [3.05, 3.63) is 59.2 Å². The topological polar surface area (TPSA) is 73.2 Å². The van der Waals surface area contributed by atoms with Crippen molar-refractivity contribution in [2.75, 3.05) is 32.8 Å². The second-order valence-corrected chi connectivity index (χ2v) is 7.19. The fraction of sp³-hybridized carbons (Fsp3) is 0.381. The van der Waals surface area contributed by atoms with Gasteiger partial charge in [-0.1, -0.05) is 24.3 Å². The van der Waals surface area contributed by atoms with Crippen LogP contribution in [0.5, 0.6) is 11.5 Å². The van der Waals surface area contributed by atoms with Crippen LogP contribution in [0.3, 0.4) is 0 Å². The third-order valence-electron chi connectivity index (χ3n) is 5.21. The van der Waals surface area contributed by atoms with Gasteiger partial charge in [-0.3, -0.25) is 9.69 Å². The lowest BCUT2D eigenvalue weighted by Gasteiger charge is -2.32. The molecule has 6 nitrogen and oxygen atoms in total. The molecule has 2 heterocycles. The van der Waals surface area contributed by atoms with E-state index in [1.165, 1.54) is 23.3 Å². The minimum Gasteiger partial charge on any atom is -0.508 e. The van der Waals surface area contributed by atoms with E-state index in [1.807, 2.05) is 6.07 Å². The molecule has 1 amide bonds. The summed E-state index contributed by atoms with van der Waals surface area (Å²) in [5.74, 6) is 0.288. The number of β-amino-alcohol motifs (C(OH)–C–C–N with tert-alkyl or cyclic N) is 1. The van der Waals surface area contributed by atoms with Crippen LogP contribution >= 0.6 is 0 Å². The van der Waals surface area contributed by atoms with Crippen molar-refractivity contribution >= 4 is 5.91 Å². The van der Waals surface area contributed by atoms with E-state index in [0.29, 0.717) is 31.0 Å². The summed E-state index contributed by atoms with van der Waals surface area (Å²) in [6.07, 6.45) is 0.355. The van der Waals surface area contributed by atoms with Gasteiger partial charge < -0.3 is 19.8 Å². The van der Waals surface area contributed by atoms with Gasteiger partial charge in [0, 0.05) is 32.2 Å². The first-order chi connectivity index (χ1) is 13.1. The summed E-state index contributed by atoms with van der Waals surface area (Å²) in [5, 5.41) is 20.2. The predicted molar refractivity (Wildman–Crippen MR) is 101 cm³/mol. The molecule has 2 aromatic rings. The SMILES string of the molecule is O=C1c2ccc(O)cc2OCCN1C[C@H](O)CN1CCc2ccccc2C1. The first-order valence-electron chi connectivity index (χ1n) is 9.32. The van der Waals surface area contributed by atoms with Crippen molar-refractivity contribution in [3.8, 4) is 11.5 Å². The summed E-state index contributed by atoms with van der Waals surface area (Å²) >= 11 is 0. The molecule has 0 saturated heterocycles. The van der Waals surface area contributed by atoms with Crippen molar-refractivity contribution < 1.29 is 19.7 Å². The molecule has 2 aliphatic heterocycles. The minimum absolute atomic E-state index is 0.0698. The highest BCUT2D eigenvalue weighted by Gasteiger charge is 2.27. The van der Waals surface area contributed by atoms with Gasteiger partial charge in [0.1, 0.15) is 18.1 Å². The molecule has 0 spiro atoms. The molecule has 0 aliphatic carbocycles. The maximum Gasteiger partial charge on any atom is 0.257 e. The van der Waals surface area contributed by atoms with Gasteiger partial charge in [-0.2, -0.15) is 0 Å². The molecule has 2 aromatic carbocycles. The number of amides is 1. The lowest BCUT2D eigenvalue weighted by Crippen LogP contribution is -2.44. The van der Waals surface area contributed by atoms with E-state index in [4.69, 9.17) is 4.74 Å². The van der Waals surface area contributed by atoms with Crippen LogP contribution in [0.25, 0.3) is 0 Å². The molecule has 0 saturated carbocycles. The van der Waals surface area contributed by atoms with Gasteiger partial charge in [-0.25, -0.2) is 0 Å². The standard InChI is InChI=1S/C21H24N2O4/c24-17-5-6-19-20(11-17)27-10-9-23(21(19)26)14-18(25)13-22-8-7-15-3-1-2-4-16(15)12-22/h1-6,11,18,24-25H,7-10,12-14H2/t18-/m1/s1. The van der Waals surface area contributed by atoms with E-state index < -0.39 is 6.10 Å². The lowest BCUT2D eigenvalue weighted by atomic mass is 10.00. The first-order valence-corrected chi connectivity index (χ1v) is 9.32. The average molecular weight is 368 g/mol. The molecule has 2 N–H and O–H groups in total. The Morgan fingerprint density at radius 3 is 2.74 bits per heavy atom. The number of hydrogen-bond donors (Lipinski definition) is 2. The molecule has 27 heavy (non-hydrogen) atoms. The molecule has 0 bridgehead atoms. The van der Waals surface area contributed by atoms with Gasteiger partial charge in [-0.15, -0.1) is 0 Å². The smallest absolute Gasteiger partial charge is 0.257 e. The maximum absolute atomic E-state index is 12.8. The number of hydrogen-bond acceptors (Lipinski definition) is 5. The Hall–Kier alpha value is -2.57. The van der Waals surface area contributed by atoms with Crippen molar-refractivity contribution in [2.24, 2.45) is 0 Å². The zero-order chi connectivity index (χ0) is 18.8. The van der Waals surface area contributed by atoms with Crippen LogP contribution in [-0.4, -0.2) is 64.8 Å². The highest BCUT2D eigenvalue weighted by atomic mass is 16.5. The number of aliphatic hydroxyl groups is 1. The average Bonchev–Trinajstić information content (AvgIpc) is 2.80. The van der Waals surface area contributed by atoms with E-state index in [0.717, 1.165) is 19.5 Å². The minimum atomic E-state index is -0.627.